The van der Waals surface area contributed by atoms with Gasteiger partial charge in [-0.05, 0) is 18.6 Å². The van der Waals surface area contributed by atoms with Crippen LogP contribution in [0.5, 0.6) is 0 Å². The molecule has 1 aromatic heterocycles. The fourth-order valence-corrected chi connectivity index (χ4v) is 2.13. The van der Waals surface area contributed by atoms with Gasteiger partial charge in [-0.25, -0.2) is 9.78 Å². The summed E-state index contributed by atoms with van der Waals surface area (Å²) in [5.74, 6) is -1.32. The maximum atomic E-state index is 11.5. The van der Waals surface area contributed by atoms with Gasteiger partial charge >= 0.3 is 5.97 Å². The molecule has 7 heteroatoms. The molecule has 0 bridgehead atoms. The molecule has 1 unspecified atom stereocenters. The number of hydrogen-bond acceptors (Lipinski definition) is 5. The zero-order valence-electron chi connectivity index (χ0n) is 10.5. The molecule has 0 radical (unpaired) electrons. The number of carbonyl (C=O) groups is 2. The van der Waals surface area contributed by atoms with E-state index in [2.05, 4.69) is 4.98 Å². The Labute approximate surface area is 110 Å². The number of nitrogens with zero attached hydrogens (tertiary/aromatic N) is 2. The minimum Gasteiger partial charge on any atom is -0.480 e. The van der Waals surface area contributed by atoms with Crippen LogP contribution in [0.25, 0.3) is 0 Å². The summed E-state index contributed by atoms with van der Waals surface area (Å²) in [5.41, 5.74) is 6.29. The lowest BCUT2D eigenvalue weighted by Crippen LogP contribution is -2.51. The van der Waals surface area contributed by atoms with Crippen molar-refractivity contribution in [3.8, 4) is 0 Å². The van der Waals surface area contributed by atoms with Crippen LogP contribution in [0.4, 0.5) is 5.82 Å². The number of carboxylic acid groups (broad SMARTS) is 1. The topological polar surface area (TPSA) is 106 Å². The van der Waals surface area contributed by atoms with Gasteiger partial charge in [-0.1, -0.05) is 0 Å². The van der Waals surface area contributed by atoms with Crippen molar-refractivity contribution in [2.24, 2.45) is 5.73 Å². The van der Waals surface area contributed by atoms with Crippen LogP contribution in [-0.4, -0.2) is 47.8 Å². The van der Waals surface area contributed by atoms with E-state index in [1.807, 2.05) is 0 Å². The number of nitrogens with two attached hydrogens (primary N) is 1. The first-order valence-corrected chi connectivity index (χ1v) is 5.85. The number of rotatable bonds is 3. The van der Waals surface area contributed by atoms with Crippen LogP contribution in [0.2, 0.25) is 0 Å². The van der Waals surface area contributed by atoms with Crippen molar-refractivity contribution in [3.05, 3.63) is 23.4 Å². The molecule has 2 rings (SSSR count). The van der Waals surface area contributed by atoms with Crippen molar-refractivity contribution >= 4 is 17.7 Å². The monoisotopic (exact) mass is 265 g/mol. The molecular weight excluding hydrogens is 250 g/mol. The second-order valence-electron chi connectivity index (χ2n) is 4.31. The highest BCUT2D eigenvalue weighted by molar-refractivity contribution is 5.99. The lowest BCUT2D eigenvalue weighted by Gasteiger charge is -2.34. The number of amides is 1. The van der Waals surface area contributed by atoms with Gasteiger partial charge in [0, 0.05) is 12.7 Å². The van der Waals surface area contributed by atoms with Crippen LogP contribution in [-0.2, 0) is 9.53 Å². The number of hydrogen-bond donors (Lipinski definition) is 2. The summed E-state index contributed by atoms with van der Waals surface area (Å²) < 4.78 is 5.16. The molecule has 102 valence electrons. The van der Waals surface area contributed by atoms with Gasteiger partial charge in [0.2, 0.25) is 0 Å². The van der Waals surface area contributed by atoms with Gasteiger partial charge in [0.05, 0.1) is 18.8 Å². The molecule has 2 heterocycles. The number of primary amides is 1. The fraction of sp³-hybridized carbons (Fsp3) is 0.417. The number of carboxylic acids is 1. The molecule has 1 fully saturated rings. The maximum Gasteiger partial charge on any atom is 0.328 e. The van der Waals surface area contributed by atoms with E-state index in [0.717, 1.165) is 0 Å². The van der Waals surface area contributed by atoms with E-state index in [0.29, 0.717) is 24.5 Å². The van der Waals surface area contributed by atoms with E-state index in [4.69, 9.17) is 10.5 Å². The standard InChI is InChI=1S/C12H15N3O4/c1-7-2-3-14-11(9(7)10(13)16)15-4-5-19-6-8(15)12(17)18/h2-3,8H,4-6H2,1H3,(H2,13,16)(H,17,18). The van der Waals surface area contributed by atoms with Crippen molar-refractivity contribution in [1.82, 2.24) is 4.98 Å². The molecule has 19 heavy (non-hydrogen) atoms. The number of ether oxygens (including phenoxy) is 1. The summed E-state index contributed by atoms with van der Waals surface area (Å²) in [4.78, 5) is 28.5. The largest absolute Gasteiger partial charge is 0.480 e. The second-order valence-corrected chi connectivity index (χ2v) is 4.31. The quantitative estimate of drug-likeness (QED) is 0.782. The summed E-state index contributed by atoms with van der Waals surface area (Å²) in [6.45, 7) is 2.54. The first kappa shape index (κ1) is 13.3. The molecule has 1 aromatic rings. The third-order valence-electron chi connectivity index (χ3n) is 3.07. The molecule has 1 aliphatic rings. The summed E-state index contributed by atoms with van der Waals surface area (Å²) in [6, 6.07) is 0.806. The Morgan fingerprint density at radius 2 is 2.32 bits per heavy atom. The Hall–Kier alpha value is -2.15. The van der Waals surface area contributed by atoms with E-state index in [-0.39, 0.29) is 12.2 Å². The predicted molar refractivity (Wildman–Crippen MR) is 67.1 cm³/mol. The summed E-state index contributed by atoms with van der Waals surface area (Å²) >= 11 is 0. The Bertz CT molecular complexity index is 518. The SMILES string of the molecule is Cc1ccnc(N2CCOCC2C(=O)O)c1C(N)=O. The highest BCUT2D eigenvalue weighted by Crippen LogP contribution is 2.24. The van der Waals surface area contributed by atoms with Crippen LogP contribution in [0.1, 0.15) is 15.9 Å². The minimum absolute atomic E-state index is 0.0587. The molecular formula is C12H15N3O4. The number of carbonyl (C=O) groups excluding carboxylic acids is 1. The smallest absolute Gasteiger partial charge is 0.328 e. The first-order chi connectivity index (χ1) is 9.02. The number of aryl methyl sites for hydroxylation is 1. The maximum absolute atomic E-state index is 11.5. The van der Waals surface area contributed by atoms with Crippen molar-refractivity contribution < 1.29 is 19.4 Å². The normalized spacial score (nSPS) is 19.2. The van der Waals surface area contributed by atoms with E-state index < -0.39 is 17.9 Å². The molecule has 0 spiro atoms. The van der Waals surface area contributed by atoms with Crippen LogP contribution in [0, 0.1) is 6.92 Å². The van der Waals surface area contributed by atoms with Crippen LogP contribution >= 0.6 is 0 Å². The molecule has 1 saturated heterocycles. The zero-order chi connectivity index (χ0) is 14.0. The number of aromatic nitrogens is 1. The zero-order valence-corrected chi connectivity index (χ0v) is 10.5. The van der Waals surface area contributed by atoms with Crippen molar-refractivity contribution in [2.45, 2.75) is 13.0 Å². The van der Waals surface area contributed by atoms with Gasteiger partial charge in [0.15, 0.2) is 6.04 Å². The highest BCUT2D eigenvalue weighted by Gasteiger charge is 2.32. The van der Waals surface area contributed by atoms with Crippen LogP contribution < -0.4 is 10.6 Å². The van der Waals surface area contributed by atoms with Gasteiger partial charge in [0.1, 0.15) is 5.82 Å². The van der Waals surface area contributed by atoms with Gasteiger partial charge in [-0.2, -0.15) is 0 Å². The lowest BCUT2D eigenvalue weighted by molar-refractivity contribution is -0.141. The Balaban J connectivity index is 2.47. The Kier molecular flexibility index (Phi) is 3.66. The van der Waals surface area contributed by atoms with E-state index in [1.165, 1.54) is 6.20 Å². The molecule has 7 nitrogen and oxygen atoms in total. The highest BCUT2D eigenvalue weighted by atomic mass is 16.5. The lowest BCUT2D eigenvalue weighted by atomic mass is 10.1. The molecule has 3 N–H and O–H groups in total. The number of pyridine rings is 1. The van der Waals surface area contributed by atoms with Crippen molar-refractivity contribution in [1.29, 1.82) is 0 Å². The average molecular weight is 265 g/mol. The molecule has 0 saturated carbocycles. The number of aliphatic carboxylic acids is 1. The molecule has 1 atom stereocenters. The fourth-order valence-electron chi connectivity index (χ4n) is 2.13. The van der Waals surface area contributed by atoms with Crippen LogP contribution in [0.15, 0.2) is 12.3 Å². The number of morpholine rings is 1. The summed E-state index contributed by atoms with van der Waals surface area (Å²) in [5, 5.41) is 9.20. The van der Waals surface area contributed by atoms with Gasteiger partial charge in [-0.15, -0.1) is 0 Å². The second kappa shape index (κ2) is 5.23. The average Bonchev–Trinajstić information content (AvgIpc) is 2.37. The third-order valence-corrected chi connectivity index (χ3v) is 3.07. The summed E-state index contributed by atoms with van der Waals surface area (Å²) in [7, 11) is 0. The molecule has 1 aliphatic heterocycles. The molecule has 1 amide bonds. The summed E-state index contributed by atoms with van der Waals surface area (Å²) in [6.07, 6.45) is 1.53. The van der Waals surface area contributed by atoms with E-state index in [9.17, 15) is 14.7 Å². The van der Waals surface area contributed by atoms with E-state index >= 15 is 0 Å². The van der Waals surface area contributed by atoms with E-state index in [1.54, 1.807) is 17.9 Å². The van der Waals surface area contributed by atoms with Gasteiger partial charge < -0.3 is 20.5 Å². The predicted octanol–water partition coefficient (Wildman–Crippen LogP) is -0.221. The van der Waals surface area contributed by atoms with Gasteiger partial charge in [0.25, 0.3) is 5.91 Å². The van der Waals surface area contributed by atoms with Gasteiger partial charge in [-0.3, -0.25) is 4.79 Å². The molecule has 0 aliphatic carbocycles. The molecule has 0 aromatic carbocycles. The Morgan fingerprint density at radius 1 is 1.58 bits per heavy atom. The minimum atomic E-state index is -1.02. The Morgan fingerprint density at radius 3 is 2.95 bits per heavy atom. The third kappa shape index (κ3) is 2.50. The number of anilines is 1. The van der Waals surface area contributed by atoms with Crippen molar-refractivity contribution in [2.75, 3.05) is 24.7 Å². The van der Waals surface area contributed by atoms with Crippen LogP contribution in [0.3, 0.4) is 0 Å². The van der Waals surface area contributed by atoms with Crippen molar-refractivity contribution in [3.63, 3.8) is 0 Å². The first-order valence-electron chi connectivity index (χ1n) is 5.85.